The van der Waals surface area contributed by atoms with Gasteiger partial charge in [0.25, 0.3) is 0 Å². The Bertz CT molecular complexity index is 420. The van der Waals surface area contributed by atoms with Crippen LogP contribution < -0.4 is 4.74 Å². The Balaban J connectivity index is 1.75. The van der Waals surface area contributed by atoms with Gasteiger partial charge in [-0.1, -0.05) is 24.6 Å². The van der Waals surface area contributed by atoms with Crippen LogP contribution in [-0.4, -0.2) is 35.7 Å². The van der Waals surface area contributed by atoms with Crippen LogP contribution in [0.15, 0.2) is 24.3 Å². The third-order valence-electron chi connectivity index (χ3n) is 3.40. The second-order valence-corrected chi connectivity index (χ2v) is 4.94. The first-order valence-electron chi connectivity index (χ1n) is 6.90. The highest BCUT2D eigenvalue weighted by molar-refractivity contribution is 5.66. The molecule has 1 heterocycles. The Morgan fingerprint density at radius 3 is 2.95 bits per heavy atom. The standard InChI is InChI=1S/C15H21NO3/c17-15(18)8-2-1-5-9-16-10-11-19-14-7-4-3-6-13(14)12-16/h3-4,6-7H,1-2,5,8-12H2,(H,17,18). The van der Waals surface area contributed by atoms with Gasteiger partial charge in [0.1, 0.15) is 12.4 Å². The number of ether oxygens (including phenoxy) is 1. The Kier molecular flexibility index (Phi) is 5.21. The van der Waals surface area contributed by atoms with Gasteiger partial charge in [-0.05, 0) is 25.5 Å². The van der Waals surface area contributed by atoms with Crippen LogP contribution in [-0.2, 0) is 11.3 Å². The van der Waals surface area contributed by atoms with Crippen LogP contribution in [0.3, 0.4) is 0 Å². The van der Waals surface area contributed by atoms with E-state index in [9.17, 15) is 4.79 Å². The topological polar surface area (TPSA) is 49.8 Å². The van der Waals surface area contributed by atoms with Crippen molar-refractivity contribution in [3.05, 3.63) is 29.8 Å². The largest absolute Gasteiger partial charge is 0.492 e. The first-order valence-corrected chi connectivity index (χ1v) is 6.90. The lowest BCUT2D eigenvalue weighted by molar-refractivity contribution is -0.137. The molecule has 4 heteroatoms. The van der Waals surface area contributed by atoms with E-state index in [1.807, 2.05) is 18.2 Å². The Labute approximate surface area is 114 Å². The minimum Gasteiger partial charge on any atom is -0.492 e. The van der Waals surface area contributed by atoms with E-state index in [4.69, 9.17) is 9.84 Å². The average Bonchev–Trinajstić information content (AvgIpc) is 2.59. The summed E-state index contributed by atoms with van der Waals surface area (Å²) >= 11 is 0. The highest BCUT2D eigenvalue weighted by Crippen LogP contribution is 2.22. The number of hydrogen-bond donors (Lipinski definition) is 1. The van der Waals surface area contributed by atoms with Crippen LogP contribution in [0.5, 0.6) is 5.75 Å². The van der Waals surface area contributed by atoms with E-state index in [1.165, 1.54) is 5.56 Å². The number of fused-ring (bicyclic) bond motifs is 1. The van der Waals surface area contributed by atoms with E-state index in [0.717, 1.165) is 51.3 Å². The molecule has 0 bridgehead atoms. The van der Waals surface area contributed by atoms with E-state index in [0.29, 0.717) is 0 Å². The van der Waals surface area contributed by atoms with Gasteiger partial charge in [0, 0.05) is 25.1 Å². The highest BCUT2D eigenvalue weighted by atomic mass is 16.5. The molecule has 0 spiro atoms. The fourth-order valence-electron chi connectivity index (χ4n) is 2.36. The number of carboxylic acids is 1. The highest BCUT2D eigenvalue weighted by Gasteiger charge is 2.14. The summed E-state index contributed by atoms with van der Waals surface area (Å²) in [4.78, 5) is 12.8. The molecule has 0 atom stereocenters. The van der Waals surface area contributed by atoms with Crippen molar-refractivity contribution in [3.8, 4) is 5.75 Å². The predicted molar refractivity (Wildman–Crippen MR) is 73.3 cm³/mol. The molecule has 0 aromatic heterocycles. The van der Waals surface area contributed by atoms with Gasteiger partial charge in [0.05, 0.1) is 0 Å². The van der Waals surface area contributed by atoms with Gasteiger partial charge < -0.3 is 9.84 Å². The molecule has 4 nitrogen and oxygen atoms in total. The summed E-state index contributed by atoms with van der Waals surface area (Å²) in [7, 11) is 0. The summed E-state index contributed by atoms with van der Waals surface area (Å²) in [6, 6.07) is 8.17. The first kappa shape index (κ1) is 13.9. The number of para-hydroxylation sites is 1. The van der Waals surface area contributed by atoms with Crippen molar-refractivity contribution < 1.29 is 14.6 Å². The summed E-state index contributed by atoms with van der Waals surface area (Å²) in [5.74, 6) is 0.299. The van der Waals surface area contributed by atoms with Gasteiger partial charge in [0.15, 0.2) is 0 Å². The van der Waals surface area contributed by atoms with Crippen molar-refractivity contribution in [2.75, 3.05) is 19.7 Å². The summed E-state index contributed by atoms with van der Waals surface area (Å²) in [6.07, 6.45) is 3.09. The number of benzene rings is 1. The van der Waals surface area contributed by atoms with Gasteiger partial charge in [-0.25, -0.2) is 0 Å². The molecule has 1 aliphatic heterocycles. The Morgan fingerprint density at radius 2 is 2.11 bits per heavy atom. The molecule has 0 radical (unpaired) electrons. The lowest BCUT2D eigenvalue weighted by Gasteiger charge is -2.18. The van der Waals surface area contributed by atoms with Gasteiger partial charge in [0.2, 0.25) is 0 Å². The molecule has 104 valence electrons. The maximum Gasteiger partial charge on any atom is 0.303 e. The summed E-state index contributed by atoms with van der Waals surface area (Å²) in [5.41, 5.74) is 1.24. The smallest absolute Gasteiger partial charge is 0.303 e. The van der Waals surface area contributed by atoms with Crippen molar-refractivity contribution in [1.82, 2.24) is 4.90 Å². The number of nitrogens with zero attached hydrogens (tertiary/aromatic N) is 1. The van der Waals surface area contributed by atoms with Crippen LogP contribution in [0.2, 0.25) is 0 Å². The maximum atomic E-state index is 10.4. The molecule has 0 amide bonds. The lowest BCUT2D eigenvalue weighted by Crippen LogP contribution is -2.26. The SMILES string of the molecule is O=C(O)CCCCCN1CCOc2ccccc2C1. The fraction of sp³-hybridized carbons (Fsp3) is 0.533. The van der Waals surface area contributed by atoms with E-state index < -0.39 is 5.97 Å². The molecule has 0 unspecified atom stereocenters. The quantitative estimate of drug-likeness (QED) is 0.801. The van der Waals surface area contributed by atoms with E-state index in [2.05, 4.69) is 11.0 Å². The van der Waals surface area contributed by atoms with Crippen molar-refractivity contribution in [3.63, 3.8) is 0 Å². The van der Waals surface area contributed by atoms with Gasteiger partial charge in [-0.2, -0.15) is 0 Å². The lowest BCUT2D eigenvalue weighted by atomic mass is 10.1. The number of rotatable bonds is 6. The third-order valence-corrected chi connectivity index (χ3v) is 3.40. The van der Waals surface area contributed by atoms with Crippen LogP contribution in [0.1, 0.15) is 31.2 Å². The normalized spacial score (nSPS) is 15.4. The van der Waals surface area contributed by atoms with Gasteiger partial charge >= 0.3 is 5.97 Å². The molecule has 0 saturated heterocycles. The van der Waals surface area contributed by atoms with Crippen LogP contribution in [0, 0.1) is 0 Å². The van der Waals surface area contributed by atoms with Gasteiger partial charge in [-0.15, -0.1) is 0 Å². The second-order valence-electron chi connectivity index (χ2n) is 4.94. The average molecular weight is 263 g/mol. The first-order chi connectivity index (χ1) is 9.25. The minimum absolute atomic E-state index is 0.284. The zero-order valence-electron chi connectivity index (χ0n) is 11.2. The van der Waals surface area contributed by atoms with Crippen LogP contribution in [0.25, 0.3) is 0 Å². The number of aliphatic carboxylic acids is 1. The molecule has 2 rings (SSSR count). The van der Waals surface area contributed by atoms with Crippen molar-refractivity contribution >= 4 is 5.97 Å². The monoisotopic (exact) mass is 263 g/mol. The fourth-order valence-corrected chi connectivity index (χ4v) is 2.36. The van der Waals surface area contributed by atoms with Crippen LogP contribution in [0.4, 0.5) is 0 Å². The van der Waals surface area contributed by atoms with E-state index in [-0.39, 0.29) is 6.42 Å². The van der Waals surface area contributed by atoms with Crippen molar-refractivity contribution in [2.24, 2.45) is 0 Å². The molecule has 1 aliphatic rings. The number of unbranched alkanes of at least 4 members (excludes halogenated alkanes) is 2. The summed E-state index contributed by atoms with van der Waals surface area (Å²) in [6.45, 7) is 3.60. The maximum absolute atomic E-state index is 10.4. The molecule has 1 aromatic carbocycles. The molecular weight excluding hydrogens is 242 g/mol. The Hall–Kier alpha value is -1.55. The number of hydrogen-bond acceptors (Lipinski definition) is 3. The molecule has 1 aromatic rings. The minimum atomic E-state index is -0.697. The molecule has 0 fully saturated rings. The van der Waals surface area contributed by atoms with Crippen molar-refractivity contribution in [1.29, 1.82) is 0 Å². The Morgan fingerprint density at radius 1 is 1.26 bits per heavy atom. The molecule has 0 aliphatic carbocycles. The van der Waals surface area contributed by atoms with E-state index in [1.54, 1.807) is 0 Å². The van der Waals surface area contributed by atoms with Crippen molar-refractivity contribution in [2.45, 2.75) is 32.2 Å². The van der Waals surface area contributed by atoms with E-state index >= 15 is 0 Å². The third kappa shape index (κ3) is 4.56. The second kappa shape index (κ2) is 7.14. The number of carboxylic acid groups (broad SMARTS) is 1. The van der Waals surface area contributed by atoms with Gasteiger partial charge in [-0.3, -0.25) is 9.69 Å². The molecular formula is C15H21NO3. The zero-order valence-corrected chi connectivity index (χ0v) is 11.2. The summed E-state index contributed by atoms with van der Waals surface area (Å²) < 4.78 is 5.72. The summed E-state index contributed by atoms with van der Waals surface area (Å²) in [5, 5.41) is 8.58. The van der Waals surface area contributed by atoms with Crippen LogP contribution >= 0.6 is 0 Å². The number of carbonyl (C=O) groups is 1. The predicted octanol–water partition coefficient (Wildman–Crippen LogP) is 2.53. The zero-order chi connectivity index (χ0) is 13.5. The molecule has 1 N–H and O–H groups in total. The molecule has 19 heavy (non-hydrogen) atoms. The molecule has 0 saturated carbocycles.